The normalized spacial score (nSPS) is 10.5. The Balaban J connectivity index is 2.58. The molecular formula is C18H22O4. The lowest BCUT2D eigenvalue weighted by molar-refractivity contribution is 0.410. The number of phenolic OH excluding ortho intramolecular Hbond substituents is 2. The van der Waals surface area contributed by atoms with Crippen LogP contribution in [0.2, 0.25) is 0 Å². The Morgan fingerprint density at radius 1 is 0.909 bits per heavy atom. The third-order valence-corrected chi connectivity index (χ3v) is 3.69. The standard InChI is InChI=1S/C18H22O4/c1-4-5-6-12-9-14(22-3)11-16(18(12)20)15-10-13(21-2)7-8-17(15)19/h7-11,19-20H,4-6H2,1-3H3. The Kier molecular flexibility index (Phi) is 5.15. The van der Waals surface area contributed by atoms with E-state index in [0.717, 1.165) is 24.8 Å². The molecule has 0 fully saturated rings. The maximum absolute atomic E-state index is 10.6. The Hall–Kier alpha value is -2.36. The van der Waals surface area contributed by atoms with Crippen LogP contribution in [0.1, 0.15) is 25.3 Å². The first kappa shape index (κ1) is 16.0. The van der Waals surface area contributed by atoms with Gasteiger partial charge in [-0.3, -0.25) is 0 Å². The van der Waals surface area contributed by atoms with E-state index in [9.17, 15) is 10.2 Å². The van der Waals surface area contributed by atoms with Crippen molar-refractivity contribution < 1.29 is 19.7 Å². The molecule has 0 atom stereocenters. The predicted molar refractivity (Wildman–Crippen MR) is 86.9 cm³/mol. The van der Waals surface area contributed by atoms with Crippen molar-refractivity contribution in [3.63, 3.8) is 0 Å². The van der Waals surface area contributed by atoms with Crippen LogP contribution in [0.3, 0.4) is 0 Å². The van der Waals surface area contributed by atoms with Gasteiger partial charge in [-0.15, -0.1) is 0 Å². The number of benzene rings is 2. The van der Waals surface area contributed by atoms with Gasteiger partial charge >= 0.3 is 0 Å². The molecule has 0 saturated heterocycles. The van der Waals surface area contributed by atoms with Gasteiger partial charge in [0.25, 0.3) is 0 Å². The molecule has 2 rings (SSSR count). The number of phenols is 2. The summed E-state index contributed by atoms with van der Waals surface area (Å²) in [4.78, 5) is 0. The molecule has 0 aliphatic heterocycles. The average Bonchev–Trinajstić information content (AvgIpc) is 2.54. The van der Waals surface area contributed by atoms with E-state index in [2.05, 4.69) is 6.92 Å². The fraction of sp³-hybridized carbons (Fsp3) is 0.333. The molecule has 2 N–H and O–H groups in total. The van der Waals surface area contributed by atoms with Gasteiger partial charge in [0.15, 0.2) is 0 Å². The van der Waals surface area contributed by atoms with Gasteiger partial charge < -0.3 is 19.7 Å². The fourth-order valence-corrected chi connectivity index (χ4v) is 2.40. The van der Waals surface area contributed by atoms with Gasteiger partial charge in [-0.25, -0.2) is 0 Å². The average molecular weight is 302 g/mol. The highest BCUT2D eigenvalue weighted by Crippen LogP contribution is 2.41. The van der Waals surface area contributed by atoms with Crippen molar-refractivity contribution in [1.82, 2.24) is 0 Å². The lowest BCUT2D eigenvalue weighted by Crippen LogP contribution is -1.93. The molecule has 22 heavy (non-hydrogen) atoms. The van der Waals surface area contributed by atoms with Crippen LogP contribution in [0.4, 0.5) is 0 Å². The number of hydrogen-bond acceptors (Lipinski definition) is 4. The first-order valence-electron chi connectivity index (χ1n) is 7.38. The summed E-state index contributed by atoms with van der Waals surface area (Å²) in [6, 6.07) is 8.49. The smallest absolute Gasteiger partial charge is 0.126 e. The minimum Gasteiger partial charge on any atom is -0.507 e. The molecule has 4 heteroatoms. The summed E-state index contributed by atoms with van der Waals surface area (Å²) < 4.78 is 10.5. The predicted octanol–water partition coefficient (Wildman–Crippen LogP) is 4.12. The monoisotopic (exact) mass is 302 g/mol. The molecule has 118 valence electrons. The van der Waals surface area contributed by atoms with Gasteiger partial charge in [0.05, 0.1) is 14.2 Å². The second kappa shape index (κ2) is 7.07. The highest BCUT2D eigenvalue weighted by atomic mass is 16.5. The summed E-state index contributed by atoms with van der Waals surface area (Å²) in [6.45, 7) is 2.10. The van der Waals surface area contributed by atoms with E-state index in [0.29, 0.717) is 22.6 Å². The van der Waals surface area contributed by atoms with E-state index in [1.165, 1.54) is 0 Å². The van der Waals surface area contributed by atoms with Crippen molar-refractivity contribution in [3.8, 4) is 34.1 Å². The molecule has 0 heterocycles. The van der Waals surface area contributed by atoms with Crippen LogP contribution in [0.15, 0.2) is 30.3 Å². The van der Waals surface area contributed by atoms with Gasteiger partial charge in [0, 0.05) is 11.1 Å². The highest BCUT2D eigenvalue weighted by molar-refractivity contribution is 5.79. The SMILES string of the molecule is CCCCc1cc(OC)cc(-c2cc(OC)ccc2O)c1O. The first-order chi connectivity index (χ1) is 10.6. The van der Waals surface area contributed by atoms with Crippen LogP contribution < -0.4 is 9.47 Å². The zero-order valence-corrected chi connectivity index (χ0v) is 13.2. The molecule has 4 nitrogen and oxygen atoms in total. The van der Waals surface area contributed by atoms with Crippen molar-refractivity contribution in [2.75, 3.05) is 14.2 Å². The largest absolute Gasteiger partial charge is 0.507 e. The Morgan fingerprint density at radius 3 is 2.23 bits per heavy atom. The maximum atomic E-state index is 10.6. The molecule has 0 unspecified atom stereocenters. The second-order valence-electron chi connectivity index (χ2n) is 5.17. The third kappa shape index (κ3) is 3.27. The number of rotatable bonds is 6. The zero-order valence-electron chi connectivity index (χ0n) is 13.2. The summed E-state index contributed by atoms with van der Waals surface area (Å²) >= 11 is 0. The van der Waals surface area contributed by atoms with Crippen LogP contribution in [0.25, 0.3) is 11.1 Å². The van der Waals surface area contributed by atoms with Crippen LogP contribution >= 0.6 is 0 Å². The molecule has 0 aliphatic carbocycles. The van der Waals surface area contributed by atoms with E-state index in [1.54, 1.807) is 38.5 Å². The second-order valence-corrected chi connectivity index (χ2v) is 5.17. The van der Waals surface area contributed by atoms with E-state index >= 15 is 0 Å². The van der Waals surface area contributed by atoms with Crippen molar-refractivity contribution >= 4 is 0 Å². The molecular weight excluding hydrogens is 280 g/mol. The first-order valence-corrected chi connectivity index (χ1v) is 7.38. The summed E-state index contributed by atoms with van der Waals surface area (Å²) in [7, 11) is 3.15. The number of aromatic hydroxyl groups is 2. The molecule has 0 radical (unpaired) electrons. The summed E-state index contributed by atoms with van der Waals surface area (Å²) in [5.74, 6) is 1.54. The quantitative estimate of drug-likeness (QED) is 0.842. The Labute approximate surface area is 130 Å². The fourth-order valence-electron chi connectivity index (χ4n) is 2.40. The number of hydrogen-bond donors (Lipinski definition) is 2. The molecule has 0 aliphatic rings. The Bertz CT molecular complexity index is 650. The van der Waals surface area contributed by atoms with E-state index in [-0.39, 0.29) is 11.5 Å². The van der Waals surface area contributed by atoms with Crippen molar-refractivity contribution in [2.45, 2.75) is 26.2 Å². The molecule has 0 bridgehead atoms. The zero-order chi connectivity index (χ0) is 16.1. The topological polar surface area (TPSA) is 58.9 Å². The minimum absolute atomic E-state index is 0.0887. The molecule has 2 aromatic rings. The summed E-state index contributed by atoms with van der Waals surface area (Å²) in [5.41, 5.74) is 1.88. The van der Waals surface area contributed by atoms with E-state index < -0.39 is 0 Å². The van der Waals surface area contributed by atoms with Gasteiger partial charge in [-0.2, -0.15) is 0 Å². The molecule has 0 saturated carbocycles. The van der Waals surface area contributed by atoms with Crippen LogP contribution in [0.5, 0.6) is 23.0 Å². The van der Waals surface area contributed by atoms with Gasteiger partial charge in [0.2, 0.25) is 0 Å². The van der Waals surface area contributed by atoms with Crippen molar-refractivity contribution in [2.24, 2.45) is 0 Å². The van der Waals surface area contributed by atoms with E-state index in [1.807, 2.05) is 6.07 Å². The van der Waals surface area contributed by atoms with Crippen LogP contribution in [-0.2, 0) is 6.42 Å². The Morgan fingerprint density at radius 2 is 1.59 bits per heavy atom. The number of aryl methyl sites for hydroxylation is 1. The third-order valence-electron chi connectivity index (χ3n) is 3.69. The van der Waals surface area contributed by atoms with Crippen molar-refractivity contribution in [3.05, 3.63) is 35.9 Å². The van der Waals surface area contributed by atoms with Gasteiger partial charge in [-0.1, -0.05) is 13.3 Å². The van der Waals surface area contributed by atoms with Crippen LogP contribution in [0, 0.1) is 0 Å². The number of methoxy groups -OCH3 is 2. The van der Waals surface area contributed by atoms with E-state index in [4.69, 9.17) is 9.47 Å². The maximum Gasteiger partial charge on any atom is 0.126 e. The molecule has 0 spiro atoms. The van der Waals surface area contributed by atoms with Crippen molar-refractivity contribution in [1.29, 1.82) is 0 Å². The number of unbranched alkanes of at least 4 members (excludes halogenated alkanes) is 1. The minimum atomic E-state index is 0.0887. The molecule has 0 aromatic heterocycles. The van der Waals surface area contributed by atoms with Gasteiger partial charge in [0.1, 0.15) is 23.0 Å². The molecule has 0 amide bonds. The lowest BCUT2D eigenvalue weighted by atomic mass is 9.97. The number of ether oxygens (including phenoxy) is 2. The summed E-state index contributed by atoms with van der Waals surface area (Å²) in [5, 5.41) is 20.7. The molecule has 2 aromatic carbocycles. The lowest BCUT2D eigenvalue weighted by Gasteiger charge is -2.14. The highest BCUT2D eigenvalue weighted by Gasteiger charge is 2.15. The van der Waals surface area contributed by atoms with Crippen LogP contribution in [-0.4, -0.2) is 24.4 Å². The summed E-state index contributed by atoms with van der Waals surface area (Å²) in [6.07, 6.45) is 2.78. The van der Waals surface area contributed by atoms with Gasteiger partial charge in [-0.05, 0) is 48.7 Å².